The van der Waals surface area contributed by atoms with Crippen LogP contribution in [0, 0.1) is 10.5 Å². The summed E-state index contributed by atoms with van der Waals surface area (Å²) in [6.07, 6.45) is 1.63. The van der Waals surface area contributed by atoms with Crippen LogP contribution in [0.2, 0.25) is 0 Å². The molecule has 0 radical (unpaired) electrons. The largest absolute Gasteiger partial charge is 0.360 e. The highest BCUT2D eigenvalue weighted by atomic mass is 127. The van der Waals surface area contributed by atoms with E-state index in [9.17, 15) is 4.79 Å². The SMILES string of the molecule is Cc1cc(NC(=O)c2c(I)cnn2C)no1. The van der Waals surface area contributed by atoms with Gasteiger partial charge in [0.15, 0.2) is 5.82 Å². The van der Waals surface area contributed by atoms with Crippen molar-refractivity contribution in [1.29, 1.82) is 0 Å². The molecule has 0 saturated heterocycles. The molecule has 2 aromatic rings. The standard InChI is InChI=1S/C9H9IN4O2/c1-5-3-7(13-16-5)12-9(15)8-6(10)4-11-14(8)2/h3-4H,1-2H3,(H,12,13,15). The maximum Gasteiger partial charge on any atom is 0.276 e. The van der Waals surface area contributed by atoms with Crippen LogP contribution in [0.3, 0.4) is 0 Å². The molecule has 1 amide bonds. The molecule has 1 N–H and O–H groups in total. The first kappa shape index (κ1) is 11.1. The van der Waals surface area contributed by atoms with E-state index in [1.807, 2.05) is 0 Å². The second-order valence-electron chi connectivity index (χ2n) is 3.24. The number of halogens is 1. The van der Waals surface area contributed by atoms with Crippen molar-refractivity contribution >= 4 is 34.3 Å². The normalized spacial score (nSPS) is 10.4. The Labute approximate surface area is 105 Å². The Morgan fingerprint density at radius 2 is 2.38 bits per heavy atom. The van der Waals surface area contributed by atoms with Crippen LogP contribution in [-0.2, 0) is 7.05 Å². The Balaban J connectivity index is 2.21. The molecule has 0 aromatic carbocycles. The van der Waals surface area contributed by atoms with Gasteiger partial charge in [-0.15, -0.1) is 0 Å². The van der Waals surface area contributed by atoms with Gasteiger partial charge in [-0.3, -0.25) is 9.48 Å². The molecular weight excluding hydrogens is 323 g/mol. The third kappa shape index (κ3) is 2.08. The van der Waals surface area contributed by atoms with Gasteiger partial charge in [0.25, 0.3) is 5.91 Å². The molecule has 16 heavy (non-hydrogen) atoms. The molecule has 0 fully saturated rings. The van der Waals surface area contributed by atoms with Gasteiger partial charge in [0.05, 0.1) is 9.77 Å². The molecule has 0 unspecified atom stereocenters. The fourth-order valence-electron chi connectivity index (χ4n) is 1.27. The Morgan fingerprint density at radius 3 is 2.88 bits per heavy atom. The van der Waals surface area contributed by atoms with Crippen LogP contribution in [0.25, 0.3) is 0 Å². The summed E-state index contributed by atoms with van der Waals surface area (Å²) in [5.41, 5.74) is 0.501. The number of hydrogen-bond donors (Lipinski definition) is 1. The van der Waals surface area contributed by atoms with Crippen LogP contribution in [0.5, 0.6) is 0 Å². The van der Waals surface area contributed by atoms with Gasteiger partial charge in [-0.05, 0) is 29.5 Å². The average Bonchev–Trinajstić information content (AvgIpc) is 2.74. The molecule has 0 atom stereocenters. The monoisotopic (exact) mass is 332 g/mol. The van der Waals surface area contributed by atoms with Gasteiger partial charge in [0, 0.05) is 13.1 Å². The summed E-state index contributed by atoms with van der Waals surface area (Å²) in [6, 6.07) is 1.65. The number of carbonyl (C=O) groups excluding carboxylic acids is 1. The molecule has 2 aromatic heterocycles. The predicted octanol–water partition coefficient (Wildman–Crippen LogP) is 1.57. The first-order valence-electron chi connectivity index (χ1n) is 4.50. The van der Waals surface area contributed by atoms with Crippen molar-refractivity contribution in [2.75, 3.05) is 5.32 Å². The zero-order valence-electron chi connectivity index (χ0n) is 8.69. The molecule has 0 saturated carbocycles. The van der Waals surface area contributed by atoms with Gasteiger partial charge in [0.1, 0.15) is 11.5 Å². The molecule has 0 spiro atoms. The van der Waals surface area contributed by atoms with Crippen LogP contribution < -0.4 is 5.32 Å². The second kappa shape index (κ2) is 4.24. The first-order valence-corrected chi connectivity index (χ1v) is 5.58. The summed E-state index contributed by atoms with van der Waals surface area (Å²) >= 11 is 2.06. The Morgan fingerprint density at radius 1 is 1.62 bits per heavy atom. The van der Waals surface area contributed by atoms with E-state index in [1.54, 1.807) is 26.2 Å². The lowest BCUT2D eigenvalue weighted by Gasteiger charge is -2.01. The van der Waals surface area contributed by atoms with Crippen molar-refractivity contribution in [1.82, 2.24) is 14.9 Å². The van der Waals surface area contributed by atoms with Crippen molar-refractivity contribution in [2.45, 2.75) is 6.92 Å². The van der Waals surface area contributed by atoms with Crippen LogP contribution in [0.15, 0.2) is 16.8 Å². The van der Waals surface area contributed by atoms with E-state index in [4.69, 9.17) is 4.52 Å². The minimum absolute atomic E-state index is 0.252. The first-order chi connectivity index (χ1) is 7.58. The van der Waals surface area contributed by atoms with E-state index in [-0.39, 0.29) is 5.91 Å². The minimum atomic E-state index is -0.252. The number of amides is 1. The molecule has 2 heterocycles. The van der Waals surface area contributed by atoms with E-state index < -0.39 is 0 Å². The number of nitrogens with one attached hydrogen (secondary N) is 1. The minimum Gasteiger partial charge on any atom is -0.360 e. The number of nitrogens with zero attached hydrogens (tertiary/aromatic N) is 3. The maximum atomic E-state index is 11.9. The fraction of sp³-hybridized carbons (Fsp3) is 0.222. The molecular formula is C9H9IN4O2. The molecule has 0 bridgehead atoms. The number of aryl methyl sites for hydroxylation is 2. The molecule has 2 rings (SSSR count). The average molecular weight is 332 g/mol. The van der Waals surface area contributed by atoms with Crippen LogP contribution in [-0.4, -0.2) is 20.8 Å². The Bertz CT molecular complexity index is 512. The number of hydrogen-bond acceptors (Lipinski definition) is 4. The Hall–Kier alpha value is -1.38. The van der Waals surface area contributed by atoms with Crippen LogP contribution in [0.1, 0.15) is 16.2 Å². The highest BCUT2D eigenvalue weighted by molar-refractivity contribution is 14.1. The molecule has 0 aliphatic carbocycles. The highest BCUT2D eigenvalue weighted by Gasteiger charge is 2.16. The van der Waals surface area contributed by atoms with Crippen molar-refractivity contribution in [3.63, 3.8) is 0 Å². The summed E-state index contributed by atoms with van der Waals surface area (Å²) in [4.78, 5) is 11.9. The number of rotatable bonds is 2. The summed E-state index contributed by atoms with van der Waals surface area (Å²) in [6.45, 7) is 1.76. The molecule has 6 nitrogen and oxygen atoms in total. The smallest absolute Gasteiger partial charge is 0.276 e. The number of anilines is 1. The lowest BCUT2D eigenvalue weighted by molar-refractivity contribution is 0.101. The molecule has 7 heteroatoms. The van der Waals surface area contributed by atoms with E-state index >= 15 is 0 Å². The number of carbonyl (C=O) groups is 1. The van der Waals surface area contributed by atoms with E-state index in [2.05, 4.69) is 38.2 Å². The van der Waals surface area contributed by atoms with Gasteiger partial charge in [-0.2, -0.15) is 5.10 Å². The fourth-order valence-corrected chi connectivity index (χ4v) is 1.99. The zero-order valence-corrected chi connectivity index (χ0v) is 10.8. The quantitative estimate of drug-likeness (QED) is 0.848. The van der Waals surface area contributed by atoms with Gasteiger partial charge in [-0.1, -0.05) is 5.16 Å². The predicted molar refractivity (Wildman–Crippen MR) is 65.1 cm³/mol. The lowest BCUT2D eigenvalue weighted by Crippen LogP contribution is -2.17. The summed E-state index contributed by atoms with van der Waals surface area (Å²) in [7, 11) is 1.71. The van der Waals surface area contributed by atoms with Gasteiger partial charge in [0.2, 0.25) is 0 Å². The second-order valence-corrected chi connectivity index (χ2v) is 4.40. The molecule has 0 aliphatic heterocycles. The lowest BCUT2D eigenvalue weighted by atomic mass is 10.4. The third-order valence-corrected chi connectivity index (χ3v) is 2.77. The summed E-state index contributed by atoms with van der Waals surface area (Å²) < 4.78 is 7.16. The van der Waals surface area contributed by atoms with E-state index in [1.165, 1.54) is 4.68 Å². The van der Waals surface area contributed by atoms with Gasteiger partial charge < -0.3 is 9.84 Å². The zero-order chi connectivity index (χ0) is 11.7. The molecule has 84 valence electrons. The van der Waals surface area contributed by atoms with Gasteiger partial charge >= 0.3 is 0 Å². The molecule has 0 aliphatic rings. The van der Waals surface area contributed by atoms with Crippen molar-refractivity contribution < 1.29 is 9.32 Å². The van der Waals surface area contributed by atoms with Crippen molar-refractivity contribution in [2.24, 2.45) is 7.05 Å². The Kier molecular flexibility index (Phi) is 2.95. The summed E-state index contributed by atoms with van der Waals surface area (Å²) in [5, 5.41) is 10.3. The van der Waals surface area contributed by atoms with Gasteiger partial charge in [-0.25, -0.2) is 0 Å². The summed E-state index contributed by atoms with van der Waals surface area (Å²) in [5.74, 6) is 0.798. The third-order valence-electron chi connectivity index (χ3n) is 1.98. The maximum absolute atomic E-state index is 11.9. The van der Waals surface area contributed by atoms with E-state index in [0.717, 1.165) is 3.57 Å². The highest BCUT2D eigenvalue weighted by Crippen LogP contribution is 2.13. The van der Waals surface area contributed by atoms with Crippen LogP contribution >= 0.6 is 22.6 Å². The topological polar surface area (TPSA) is 73.0 Å². The number of aromatic nitrogens is 3. The van der Waals surface area contributed by atoms with Crippen molar-refractivity contribution in [3.05, 3.63) is 27.3 Å². The van der Waals surface area contributed by atoms with Crippen molar-refractivity contribution in [3.8, 4) is 0 Å². The van der Waals surface area contributed by atoms with E-state index in [0.29, 0.717) is 17.3 Å². The van der Waals surface area contributed by atoms with Crippen LogP contribution in [0.4, 0.5) is 5.82 Å².